The number of ether oxygens (including phenoxy) is 3. The van der Waals surface area contributed by atoms with Gasteiger partial charge in [-0.1, -0.05) is 0 Å². The van der Waals surface area contributed by atoms with Crippen molar-refractivity contribution < 1.29 is 19.0 Å². The molecule has 1 aromatic rings. The Balaban J connectivity index is 2.56. The van der Waals surface area contributed by atoms with E-state index in [0.29, 0.717) is 29.2 Å². The van der Waals surface area contributed by atoms with Gasteiger partial charge in [-0.25, -0.2) is 0 Å². The quantitative estimate of drug-likeness (QED) is 0.764. The number of rotatable bonds is 3. The number of carbonyl (C=O) groups excluding carboxylic acids is 1. The van der Waals surface area contributed by atoms with Crippen molar-refractivity contribution in [2.24, 2.45) is 5.73 Å². The lowest BCUT2D eigenvalue weighted by Gasteiger charge is -2.21. The van der Waals surface area contributed by atoms with Crippen molar-refractivity contribution in [3.05, 3.63) is 23.3 Å². The minimum Gasteiger partial charge on any atom is -0.496 e. The number of methoxy groups -OCH3 is 1. The van der Waals surface area contributed by atoms with Crippen molar-refractivity contribution in [3.8, 4) is 11.5 Å². The van der Waals surface area contributed by atoms with Crippen LogP contribution in [0, 0.1) is 0 Å². The van der Waals surface area contributed by atoms with Crippen LogP contribution in [0.4, 0.5) is 0 Å². The molecule has 0 saturated carbocycles. The van der Waals surface area contributed by atoms with Gasteiger partial charge < -0.3 is 19.9 Å². The Morgan fingerprint density at radius 3 is 3.06 bits per heavy atom. The Morgan fingerprint density at radius 2 is 2.38 bits per heavy atom. The molecule has 0 saturated heterocycles. The predicted octanol–water partition coefficient (Wildman–Crippen LogP) is 0.703. The summed E-state index contributed by atoms with van der Waals surface area (Å²) < 4.78 is 15.6. The third-order valence-electron chi connectivity index (χ3n) is 2.46. The lowest BCUT2D eigenvalue weighted by Crippen LogP contribution is -2.20. The Bertz CT molecular complexity index is 417. The van der Waals surface area contributed by atoms with Gasteiger partial charge in [0.05, 0.1) is 25.8 Å². The monoisotopic (exact) mass is 223 g/mol. The first-order valence-electron chi connectivity index (χ1n) is 4.91. The Morgan fingerprint density at radius 1 is 1.56 bits per heavy atom. The lowest BCUT2D eigenvalue weighted by molar-refractivity contribution is -0.0168. The highest BCUT2D eigenvalue weighted by molar-refractivity contribution is 6.02. The molecule has 5 nitrogen and oxygen atoms in total. The summed E-state index contributed by atoms with van der Waals surface area (Å²) in [5, 5.41) is 0. The van der Waals surface area contributed by atoms with Gasteiger partial charge in [-0.2, -0.15) is 0 Å². The highest BCUT2D eigenvalue weighted by atomic mass is 16.7. The highest BCUT2D eigenvalue weighted by Gasteiger charge is 2.22. The van der Waals surface area contributed by atoms with Gasteiger partial charge in [0.1, 0.15) is 11.5 Å². The zero-order chi connectivity index (χ0) is 11.5. The Kier molecular flexibility index (Phi) is 3.07. The zero-order valence-corrected chi connectivity index (χ0v) is 8.99. The lowest BCUT2D eigenvalue weighted by atomic mass is 10.0. The van der Waals surface area contributed by atoms with Crippen LogP contribution in [-0.4, -0.2) is 26.2 Å². The predicted molar refractivity (Wildman–Crippen MR) is 56.7 cm³/mol. The minimum absolute atomic E-state index is 0.0627. The maximum absolute atomic E-state index is 11.7. The highest BCUT2D eigenvalue weighted by Crippen LogP contribution is 2.33. The van der Waals surface area contributed by atoms with E-state index in [0.717, 1.165) is 0 Å². The first-order valence-corrected chi connectivity index (χ1v) is 4.91. The molecule has 0 fully saturated rings. The van der Waals surface area contributed by atoms with E-state index in [-0.39, 0.29) is 19.1 Å². The van der Waals surface area contributed by atoms with Crippen LogP contribution >= 0.6 is 0 Å². The van der Waals surface area contributed by atoms with Gasteiger partial charge in [-0.15, -0.1) is 0 Å². The van der Waals surface area contributed by atoms with Crippen molar-refractivity contribution in [3.63, 3.8) is 0 Å². The normalized spacial score (nSPS) is 13.9. The van der Waals surface area contributed by atoms with Gasteiger partial charge in [0.15, 0.2) is 12.6 Å². The second kappa shape index (κ2) is 4.51. The molecular weight excluding hydrogens is 210 g/mol. The standard InChI is InChI=1S/C11H13NO4/c1-14-10-3-2-9-7(5-15-6-16-9)11(10)8(13)4-12/h2-3H,4-6,12H2,1H3. The van der Waals surface area contributed by atoms with E-state index in [9.17, 15) is 4.79 Å². The van der Waals surface area contributed by atoms with Crippen LogP contribution in [0.25, 0.3) is 0 Å². The molecule has 2 N–H and O–H groups in total. The van der Waals surface area contributed by atoms with Crippen LogP contribution < -0.4 is 15.2 Å². The third-order valence-corrected chi connectivity index (χ3v) is 2.46. The number of ketones is 1. The third kappa shape index (κ3) is 1.75. The summed E-state index contributed by atoms with van der Waals surface area (Å²) in [5.41, 5.74) is 6.54. The van der Waals surface area contributed by atoms with Gasteiger partial charge in [-0.05, 0) is 12.1 Å². The fraction of sp³-hybridized carbons (Fsp3) is 0.364. The summed E-state index contributed by atoms with van der Waals surface area (Å²) in [6.07, 6.45) is 0. The molecule has 0 aromatic heterocycles. The topological polar surface area (TPSA) is 70.8 Å². The number of carbonyl (C=O) groups is 1. The number of hydrogen-bond acceptors (Lipinski definition) is 5. The molecule has 2 rings (SSSR count). The molecule has 0 spiro atoms. The number of nitrogens with two attached hydrogens (primary N) is 1. The number of hydrogen-bond donors (Lipinski definition) is 1. The molecule has 0 atom stereocenters. The van der Waals surface area contributed by atoms with Crippen molar-refractivity contribution in [2.75, 3.05) is 20.4 Å². The minimum atomic E-state index is -0.178. The first-order chi connectivity index (χ1) is 7.77. The van der Waals surface area contributed by atoms with Crippen LogP contribution in [0.2, 0.25) is 0 Å². The molecule has 0 unspecified atom stereocenters. The number of fused-ring (bicyclic) bond motifs is 1. The van der Waals surface area contributed by atoms with E-state index in [2.05, 4.69) is 0 Å². The molecule has 0 amide bonds. The molecule has 0 radical (unpaired) electrons. The van der Waals surface area contributed by atoms with Gasteiger partial charge >= 0.3 is 0 Å². The molecule has 16 heavy (non-hydrogen) atoms. The van der Waals surface area contributed by atoms with Gasteiger partial charge in [0, 0.05) is 5.56 Å². The van der Waals surface area contributed by atoms with Gasteiger partial charge in [0.2, 0.25) is 0 Å². The number of Topliss-reactive ketones (excluding diaryl/α,β-unsaturated/α-hetero) is 1. The van der Waals surface area contributed by atoms with Gasteiger partial charge in [-0.3, -0.25) is 4.79 Å². The maximum Gasteiger partial charge on any atom is 0.189 e. The number of benzene rings is 1. The SMILES string of the molecule is COc1ccc2c(c1C(=O)CN)COCO2. The fourth-order valence-electron chi connectivity index (χ4n) is 1.71. The van der Waals surface area contributed by atoms with Gasteiger partial charge in [0.25, 0.3) is 0 Å². The Labute approximate surface area is 93.1 Å². The van der Waals surface area contributed by atoms with E-state index < -0.39 is 0 Å². The molecule has 1 heterocycles. The van der Waals surface area contributed by atoms with E-state index in [1.807, 2.05) is 0 Å². The Hall–Kier alpha value is -1.59. The van der Waals surface area contributed by atoms with Crippen molar-refractivity contribution in [2.45, 2.75) is 6.61 Å². The average Bonchev–Trinajstić information content (AvgIpc) is 2.36. The van der Waals surface area contributed by atoms with Crippen molar-refractivity contribution in [1.29, 1.82) is 0 Å². The summed E-state index contributed by atoms with van der Waals surface area (Å²) in [6.45, 7) is 0.482. The molecule has 0 aliphatic carbocycles. The molecular formula is C11H13NO4. The molecule has 1 aliphatic rings. The molecule has 5 heteroatoms. The van der Waals surface area contributed by atoms with E-state index in [4.69, 9.17) is 19.9 Å². The van der Waals surface area contributed by atoms with Crippen molar-refractivity contribution in [1.82, 2.24) is 0 Å². The molecule has 1 aromatic carbocycles. The summed E-state index contributed by atoms with van der Waals surface area (Å²) in [5.74, 6) is 0.981. The second-order valence-electron chi connectivity index (χ2n) is 3.36. The average molecular weight is 223 g/mol. The molecule has 86 valence electrons. The van der Waals surface area contributed by atoms with Crippen LogP contribution in [0.5, 0.6) is 11.5 Å². The largest absolute Gasteiger partial charge is 0.496 e. The summed E-state index contributed by atoms with van der Waals surface area (Å²) in [4.78, 5) is 11.7. The van der Waals surface area contributed by atoms with E-state index in [1.54, 1.807) is 12.1 Å². The molecule has 0 bridgehead atoms. The van der Waals surface area contributed by atoms with E-state index in [1.165, 1.54) is 7.11 Å². The van der Waals surface area contributed by atoms with Crippen LogP contribution in [-0.2, 0) is 11.3 Å². The summed E-state index contributed by atoms with van der Waals surface area (Å²) in [7, 11) is 1.51. The first kappa shape index (κ1) is 10.9. The summed E-state index contributed by atoms with van der Waals surface area (Å²) >= 11 is 0. The zero-order valence-electron chi connectivity index (χ0n) is 8.99. The second-order valence-corrected chi connectivity index (χ2v) is 3.36. The van der Waals surface area contributed by atoms with Crippen LogP contribution in [0.3, 0.4) is 0 Å². The fourth-order valence-corrected chi connectivity index (χ4v) is 1.71. The van der Waals surface area contributed by atoms with E-state index >= 15 is 0 Å². The maximum atomic E-state index is 11.7. The van der Waals surface area contributed by atoms with Crippen LogP contribution in [0.1, 0.15) is 15.9 Å². The smallest absolute Gasteiger partial charge is 0.189 e. The van der Waals surface area contributed by atoms with Crippen molar-refractivity contribution >= 4 is 5.78 Å². The summed E-state index contributed by atoms with van der Waals surface area (Å²) in [6, 6.07) is 3.47. The van der Waals surface area contributed by atoms with Crippen LogP contribution in [0.15, 0.2) is 12.1 Å². The molecule has 1 aliphatic heterocycles.